The van der Waals surface area contributed by atoms with Crippen molar-refractivity contribution in [2.75, 3.05) is 18.0 Å². The summed E-state index contributed by atoms with van der Waals surface area (Å²) >= 11 is 5.82. The maximum Gasteiger partial charge on any atom is 0.434 e. The lowest BCUT2D eigenvalue weighted by atomic mass is 9.85. The molecule has 0 atom stereocenters. The summed E-state index contributed by atoms with van der Waals surface area (Å²) in [7, 11) is 0. The number of fused-ring (bicyclic) bond motifs is 1. The highest BCUT2D eigenvalue weighted by atomic mass is 35.5. The molecule has 10 nitrogen and oxygen atoms in total. The number of alkyl halides is 3. The van der Waals surface area contributed by atoms with E-state index in [2.05, 4.69) is 20.6 Å². The smallest absolute Gasteiger partial charge is 0.349 e. The van der Waals surface area contributed by atoms with Crippen LogP contribution in [0.25, 0.3) is 16.7 Å². The minimum Gasteiger partial charge on any atom is -0.349 e. The second-order valence-corrected chi connectivity index (χ2v) is 11.2. The Morgan fingerprint density at radius 3 is 2.42 bits per heavy atom. The SMILES string of the molecule is O=C(NC1CCC(Cn2c(=O)n(-c3ccc(N4CCNC4=O)nc3)c3ccccc32)CC1)c1cc(Cl)cnc1C(F)(F)F. The zero-order valence-corrected chi connectivity index (χ0v) is 23.5. The van der Waals surface area contributed by atoms with Gasteiger partial charge in [0.05, 0.1) is 33.5 Å². The summed E-state index contributed by atoms with van der Waals surface area (Å²) in [5, 5.41) is 5.39. The number of imidazole rings is 1. The van der Waals surface area contributed by atoms with Gasteiger partial charge in [-0.05, 0) is 61.9 Å². The Kier molecular flexibility index (Phi) is 7.59. The molecule has 43 heavy (non-hydrogen) atoms. The van der Waals surface area contributed by atoms with Gasteiger partial charge in [-0.25, -0.2) is 19.6 Å². The summed E-state index contributed by atoms with van der Waals surface area (Å²) in [6.07, 6.45) is 0.0982. The first kappa shape index (κ1) is 28.7. The topological polar surface area (TPSA) is 114 Å². The number of benzene rings is 1. The van der Waals surface area contributed by atoms with Crippen LogP contribution in [-0.4, -0.2) is 50.2 Å². The normalized spacial score (nSPS) is 19.1. The predicted molar refractivity (Wildman–Crippen MR) is 154 cm³/mol. The summed E-state index contributed by atoms with van der Waals surface area (Å²) in [5.41, 5.74) is -0.0452. The average molecular weight is 614 g/mol. The van der Waals surface area contributed by atoms with E-state index >= 15 is 0 Å². The van der Waals surface area contributed by atoms with Gasteiger partial charge < -0.3 is 10.6 Å². The van der Waals surface area contributed by atoms with Crippen LogP contribution >= 0.6 is 11.6 Å². The summed E-state index contributed by atoms with van der Waals surface area (Å²) in [4.78, 5) is 47.8. The minimum atomic E-state index is -4.79. The van der Waals surface area contributed by atoms with Crippen LogP contribution in [0.15, 0.2) is 59.7 Å². The van der Waals surface area contributed by atoms with Crippen LogP contribution in [0.5, 0.6) is 0 Å². The molecule has 4 aromatic rings. The second-order valence-electron chi connectivity index (χ2n) is 10.7. The van der Waals surface area contributed by atoms with E-state index in [0.717, 1.165) is 23.3 Å². The zero-order valence-electron chi connectivity index (χ0n) is 22.8. The van der Waals surface area contributed by atoms with Gasteiger partial charge in [0.2, 0.25) is 0 Å². The Hall–Kier alpha value is -4.39. The molecule has 0 bridgehead atoms. The van der Waals surface area contributed by atoms with Crippen LogP contribution in [0.3, 0.4) is 0 Å². The molecule has 0 spiro atoms. The number of hydrogen-bond donors (Lipinski definition) is 2. The quantitative estimate of drug-likeness (QED) is 0.325. The van der Waals surface area contributed by atoms with Gasteiger partial charge in [0.1, 0.15) is 5.82 Å². The van der Waals surface area contributed by atoms with Crippen molar-refractivity contribution >= 4 is 40.4 Å². The van der Waals surface area contributed by atoms with E-state index in [9.17, 15) is 27.6 Å². The third kappa shape index (κ3) is 5.68. The van der Waals surface area contributed by atoms with Gasteiger partial charge >= 0.3 is 17.9 Å². The predicted octanol–water partition coefficient (Wildman–Crippen LogP) is 4.77. The highest BCUT2D eigenvalue weighted by Gasteiger charge is 2.38. The number of urea groups is 1. The van der Waals surface area contributed by atoms with Crippen LogP contribution in [0.4, 0.5) is 23.8 Å². The maximum atomic E-state index is 13.7. The third-order valence-corrected chi connectivity index (χ3v) is 8.16. The molecule has 4 heterocycles. The number of rotatable bonds is 6. The largest absolute Gasteiger partial charge is 0.434 e. The zero-order chi connectivity index (χ0) is 30.3. The number of para-hydroxylation sites is 2. The lowest BCUT2D eigenvalue weighted by Gasteiger charge is -2.29. The molecule has 1 saturated heterocycles. The van der Waals surface area contributed by atoms with Crippen LogP contribution in [0.1, 0.15) is 41.7 Å². The first-order valence-electron chi connectivity index (χ1n) is 13.9. The molecular weight excluding hydrogens is 587 g/mol. The monoisotopic (exact) mass is 613 g/mol. The standard InChI is InChI=1S/C29H27ClF3N7O3/c30-18-13-21(25(36-14-18)29(31,32)33)26(41)37-19-7-5-17(6-8-19)16-39-22-3-1-2-4-23(22)40(28(39)43)20-9-10-24(35-15-20)38-12-11-34-27(38)42/h1-4,9-10,13-15,17,19H,5-8,11-12,16H2,(H,34,42)(H,37,41). The molecule has 3 aromatic heterocycles. The number of nitrogens with one attached hydrogen (secondary N) is 2. The highest BCUT2D eigenvalue weighted by Crippen LogP contribution is 2.32. The van der Waals surface area contributed by atoms with Gasteiger partial charge in [0.15, 0.2) is 5.69 Å². The van der Waals surface area contributed by atoms with Crippen molar-refractivity contribution in [1.82, 2.24) is 29.7 Å². The van der Waals surface area contributed by atoms with E-state index in [4.69, 9.17) is 11.6 Å². The van der Waals surface area contributed by atoms with Gasteiger partial charge in [-0.15, -0.1) is 0 Å². The number of amides is 3. The van der Waals surface area contributed by atoms with Crippen LogP contribution in [0.2, 0.25) is 5.02 Å². The third-order valence-electron chi connectivity index (χ3n) is 7.95. The molecule has 3 amide bonds. The minimum absolute atomic E-state index is 0.0582. The van der Waals surface area contributed by atoms with Gasteiger partial charge in [0, 0.05) is 31.9 Å². The Morgan fingerprint density at radius 1 is 1.02 bits per heavy atom. The van der Waals surface area contributed by atoms with Crippen molar-refractivity contribution < 1.29 is 22.8 Å². The molecule has 14 heteroatoms. The number of anilines is 1. The number of aromatic nitrogens is 4. The average Bonchev–Trinajstić information content (AvgIpc) is 3.53. The molecule has 224 valence electrons. The molecule has 0 radical (unpaired) electrons. The fraction of sp³-hybridized carbons (Fsp3) is 0.345. The molecule has 2 N–H and O–H groups in total. The number of halogens is 4. The van der Waals surface area contributed by atoms with Crippen molar-refractivity contribution in [2.45, 2.75) is 44.4 Å². The Balaban J connectivity index is 1.16. The number of nitrogens with zero attached hydrogens (tertiary/aromatic N) is 5. The summed E-state index contributed by atoms with van der Waals surface area (Å²) in [6.45, 7) is 1.51. The summed E-state index contributed by atoms with van der Waals surface area (Å²) in [5.74, 6) is -0.242. The number of carbonyl (C=O) groups excluding carboxylic acids is 2. The number of pyridine rings is 2. The Labute approximate surface area is 248 Å². The molecule has 2 aliphatic rings. The van der Waals surface area contributed by atoms with Gasteiger partial charge in [-0.1, -0.05) is 23.7 Å². The van der Waals surface area contributed by atoms with E-state index in [-0.39, 0.29) is 28.7 Å². The van der Waals surface area contributed by atoms with E-state index in [1.165, 1.54) is 4.90 Å². The molecule has 6 rings (SSSR count). The summed E-state index contributed by atoms with van der Waals surface area (Å²) < 4.78 is 43.5. The molecule has 1 saturated carbocycles. The fourth-order valence-electron chi connectivity index (χ4n) is 5.84. The van der Waals surface area contributed by atoms with Crippen molar-refractivity contribution in [3.05, 3.63) is 81.6 Å². The highest BCUT2D eigenvalue weighted by molar-refractivity contribution is 6.30. The summed E-state index contributed by atoms with van der Waals surface area (Å²) in [6, 6.07) is 11.4. The van der Waals surface area contributed by atoms with Crippen LogP contribution in [-0.2, 0) is 12.7 Å². The van der Waals surface area contributed by atoms with E-state index < -0.39 is 23.3 Å². The van der Waals surface area contributed by atoms with Crippen molar-refractivity contribution in [3.8, 4) is 5.69 Å². The van der Waals surface area contributed by atoms with Crippen LogP contribution in [0, 0.1) is 5.92 Å². The molecular formula is C29H27ClF3N7O3. The van der Waals surface area contributed by atoms with Gasteiger partial charge in [0.25, 0.3) is 5.91 Å². The number of hydrogen-bond acceptors (Lipinski definition) is 5. The molecule has 2 fully saturated rings. The van der Waals surface area contributed by atoms with E-state index in [0.29, 0.717) is 56.8 Å². The van der Waals surface area contributed by atoms with E-state index in [1.54, 1.807) is 27.5 Å². The lowest BCUT2D eigenvalue weighted by molar-refractivity contribution is -0.141. The van der Waals surface area contributed by atoms with Gasteiger partial charge in [-0.3, -0.25) is 18.8 Å². The van der Waals surface area contributed by atoms with Crippen molar-refractivity contribution in [3.63, 3.8) is 0 Å². The van der Waals surface area contributed by atoms with Gasteiger partial charge in [-0.2, -0.15) is 13.2 Å². The second kappa shape index (κ2) is 11.4. The lowest BCUT2D eigenvalue weighted by Crippen LogP contribution is -2.39. The fourth-order valence-corrected chi connectivity index (χ4v) is 6.00. The van der Waals surface area contributed by atoms with Crippen molar-refractivity contribution in [1.29, 1.82) is 0 Å². The molecule has 1 aromatic carbocycles. The Bertz CT molecular complexity index is 1750. The molecule has 1 aliphatic carbocycles. The first-order valence-corrected chi connectivity index (χ1v) is 14.2. The van der Waals surface area contributed by atoms with E-state index in [1.807, 2.05) is 24.3 Å². The van der Waals surface area contributed by atoms with Crippen LogP contribution < -0.4 is 21.2 Å². The Morgan fingerprint density at radius 2 is 1.77 bits per heavy atom. The number of carbonyl (C=O) groups is 2. The molecule has 0 unspecified atom stereocenters. The molecule has 1 aliphatic heterocycles. The first-order chi connectivity index (χ1) is 20.6. The van der Waals surface area contributed by atoms with Crippen molar-refractivity contribution in [2.24, 2.45) is 5.92 Å². The maximum absolute atomic E-state index is 13.7.